The summed E-state index contributed by atoms with van der Waals surface area (Å²) in [7, 11) is 3.83. The average molecular weight is 446 g/mol. The standard InChI is InChI=1S/C24H19ClF3NO2/c1-29(2)14-15-5-3-4-6-20(15)23(16-7-10-18(25)11-8-16)21-12-9-17(24(26,27)28)13-19(21)22(30)31-23/h3-13H,14H2,1-2H3. The van der Waals surface area contributed by atoms with Crippen LogP contribution < -0.4 is 0 Å². The number of rotatable bonds is 4. The Morgan fingerprint density at radius 2 is 1.65 bits per heavy atom. The molecule has 0 saturated heterocycles. The van der Waals surface area contributed by atoms with Gasteiger partial charge in [-0.15, -0.1) is 0 Å². The molecule has 4 rings (SSSR count). The van der Waals surface area contributed by atoms with E-state index >= 15 is 0 Å². The summed E-state index contributed by atoms with van der Waals surface area (Å²) in [6.45, 7) is 0.555. The number of carbonyl (C=O) groups excluding carboxylic acids is 1. The van der Waals surface area contributed by atoms with Crippen molar-refractivity contribution < 1.29 is 22.7 Å². The van der Waals surface area contributed by atoms with Crippen LogP contribution in [0.25, 0.3) is 0 Å². The van der Waals surface area contributed by atoms with E-state index in [2.05, 4.69) is 0 Å². The van der Waals surface area contributed by atoms with Crippen LogP contribution >= 0.6 is 11.6 Å². The van der Waals surface area contributed by atoms with Gasteiger partial charge in [0, 0.05) is 28.3 Å². The van der Waals surface area contributed by atoms with E-state index < -0.39 is 23.3 Å². The summed E-state index contributed by atoms with van der Waals surface area (Å²) in [6.07, 6.45) is -4.57. The first-order chi connectivity index (χ1) is 14.6. The molecule has 0 saturated carbocycles. The first-order valence-electron chi connectivity index (χ1n) is 9.57. The number of hydrogen-bond acceptors (Lipinski definition) is 3. The highest BCUT2D eigenvalue weighted by Crippen LogP contribution is 2.49. The molecule has 1 atom stereocenters. The number of alkyl halides is 3. The largest absolute Gasteiger partial charge is 0.441 e. The maximum absolute atomic E-state index is 13.3. The molecule has 7 heteroatoms. The monoisotopic (exact) mass is 445 g/mol. The van der Waals surface area contributed by atoms with Crippen LogP contribution in [0.4, 0.5) is 13.2 Å². The molecule has 160 valence electrons. The van der Waals surface area contributed by atoms with Crippen molar-refractivity contribution in [3.63, 3.8) is 0 Å². The minimum absolute atomic E-state index is 0.0931. The molecule has 0 bridgehead atoms. The molecule has 1 heterocycles. The Labute approximate surface area is 183 Å². The van der Waals surface area contributed by atoms with Crippen molar-refractivity contribution >= 4 is 17.6 Å². The van der Waals surface area contributed by atoms with Gasteiger partial charge < -0.3 is 9.64 Å². The molecule has 31 heavy (non-hydrogen) atoms. The zero-order valence-electron chi connectivity index (χ0n) is 16.8. The van der Waals surface area contributed by atoms with E-state index in [1.54, 1.807) is 24.3 Å². The van der Waals surface area contributed by atoms with E-state index in [1.165, 1.54) is 6.07 Å². The topological polar surface area (TPSA) is 29.5 Å². The molecule has 0 spiro atoms. The Kier molecular flexibility index (Phi) is 5.31. The lowest BCUT2D eigenvalue weighted by atomic mass is 9.77. The van der Waals surface area contributed by atoms with Crippen LogP contribution in [-0.4, -0.2) is 25.0 Å². The smallest absolute Gasteiger partial charge is 0.416 e. The Hall–Kier alpha value is -2.83. The van der Waals surface area contributed by atoms with E-state index in [9.17, 15) is 18.0 Å². The molecule has 0 radical (unpaired) electrons. The molecule has 0 N–H and O–H groups in total. The minimum Gasteiger partial charge on any atom is -0.441 e. The van der Waals surface area contributed by atoms with Gasteiger partial charge in [-0.1, -0.05) is 54.1 Å². The van der Waals surface area contributed by atoms with E-state index in [0.29, 0.717) is 28.3 Å². The lowest BCUT2D eigenvalue weighted by Crippen LogP contribution is -2.31. The van der Waals surface area contributed by atoms with Gasteiger partial charge in [0.15, 0.2) is 5.60 Å². The number of carbonyl (C=O) groups is 1. The predicted molar refractivity (Wildman–Crippen MR) is 112 cm³/mol. The van der Waals surface area contributed by atoms with Crippen LogP contribution in [0.15, 0.2) is 66.7 Å². The van der Waals surface area contributed by atoms with Crippen molar-refractivity contribution in [3.05, 3.63) is 105 Å². The summed E-state index contributed by atoms with van der Waals surface area (Å²) in [5.41, 5.74) is 0.198. The molecule has 0 fully saturated rings. The van der Waals surface area contributed by atoms with E-state index in [0.717, 1.165) is 17.7 Å². The quantitative estimate of drug-likeness (QED) is 0.469. The molecule has 0 aromatic heterocycles. The highest BCUT2D eigenvalue weighted by Gasteiger charge is 2.50. The summed E-state index contributed by atoms with van der Waals surface area (Å²) < 4.78 is 45.9. The van der Waals surface area contributed by atoms with Gasteiger partial charge in [-0.2, -0.15) is 13.2 Å². The highest BCUT2D eigenvalue weighted by atomic mass is 35.5. The summed E-state index contributed by atoms with van der Waals surface area (Å²) in [5.74, 6) is -0.796. The lowest BCUT2D eigenvalue weighted by Gasteiger charge is -2.32. The van der Waals surface area contributed by atoms with Crippen LogP contribution in [0.2, 0.25) is 5.02 Å². The normalized spacial score (nSPS) is 18.2. The number of benzene rings is 3. The second-order valence-electron chi connectivity index (χ2n) is 7.73. The van der Waals surface area contributed by atoms with E-state index in [-0.39, 0.29) is 5.56 Å². The summed E-state index contributed by atoms with van der Waals surface area (Å²) >= 11 is 6.07. The average Bonchev–Trinajstić information content (AvgIpc) is 3.01. The first kappa shape index (κ1) is 21.4. The Morgan fingerprint density at radius 3 is 2.29 bits per heavy atom. The van der Waals surface area contributed by atoms with Gasteiger partial charge in [0.1, 0.15) is 0 Å². The number of halogens is 4. The van der Waals surface area contributed by atoms with Gasteiger partial charge in [0.05, 0.1) is 11.1 Å². The van der Waals surface area contributed by atoms with Gasteiger partial charge in [-0.3, -0.25) is 0 Å². The Morgan fingerprint density at radius 1 is 0.968 bits per heavy atom. The van der Waals surface area contributed by atoms with Gasteiger partial charge in [-0.25, -0.2) is 4.79 Å². The van der Waals surface area contributed by atoms with E-state index in [1.807, 2.05) is 43.3 Å². The number of esters is 1. The molecule has 1 unspecified atom stereocenters. The molecule has 3 aromatic rings. The molecule has 1 aliphatic heterocycles. The molecule has 3 aromatic carbocycles. The van der Waals surface area contributed by atoms with Gasteiger partial charge in [-0.05, 0) is 43.9 Å². The number of nitrogens with zero attached hydrogens (tertiary/aromatic N) is 1. The maximum atomic E-state index is 13.3. The predicted octanol–water partition coefficient (Wildman–Crippen LogP) is 5.88. The number of fused-ring (bicyclic) bond motifs is 1. The lowest BCUT2D eigenvalue weighted by molar-refractivity contribution is -0.137. The zero-order valence-corrected chi connectivity index (χ0v) is 17.6. The van der Waals surface area contributed by atoms with Crippen molar-refractivity contribution in [2.75, 3.05) is 14.1 Å². The summed E-state index contributed by atoms with van der Waals surface area (Å²) in [6, 6.07) is 17.4. The molecule has 1 aliphatic rings. The van der Waals surface area contributed by atoms with Crippen molar-refractivity contribution in [2.45, 2.75) is 18.3 Å². The van der Waals surface area contributed by atoms with Crippen LogP contribution in [0.1, 0.15) is 38.2 Å². The summed E-state index contributed by atoms with van der Waals surface area (Å²) in [5, 5.41) is 0.498. The van der Waals surface area contributed by atoms with Gasteiger partial charge >= 0.3 is 12.1 Å². The van der Waals surface area contributed by atoms with Crippen molar-refractivity contribution in [1.29, 1.82) is 0 Å². The number of hydrogen-bond donors (Lipinski definition) is 0. The van der Waals surface area contributed by atoms with Crippen molar-refractivity contribution in [2.24, 2.45) is 0 Å². The third kappa shape index (κ3) is 3.70. The fourth-order valence-corrected chi connectivity index (χ4v) is 4.17. The Bertz CT molecular complexity index is 1140. The fraction of sp³-hybridized carbons (Fsp3) is 0.208. The van der Waals surface area contributed by atoms with Crippen LogP contribution in [0.3, 0.4) is 0 Å². The molecule has 0 amide bonds. The van der Waals surface area contributed by atoms with Crippen LogP contribution in [-0.2, 0) is 23.1 Å². The highest BCUT2D eigenvalue weighted by molar-refractivity contribution is 6.30. The summed E-state index contributed by atoms with van der Waals surface area (Å²) in [4.78, 5) is 14.9. The Balaban J connectivity index is 2.03. The molecule has 3 nitrogen and oxygen atoms in total. The third-order valence-corrected chi connectivity index (χ3v) is 5.58. The van der Waals surface area contributed by atoms with Crippen LogP contribution in [0.5, 0.6) is 0 Å². The molecule has 0 aliphatic carbocycles. The van der Waals surface area contributed by atoms with Gasteiger partial charge in [0.25, 0.3) is 0 Å². The molecular formula is C24H19ClF3NO2. The van der Waals surface area contributed by atoms with E-state index in [4.69, 9.17) is 16.3 Å². The van der Waals surface area contributed by atoms with Crippen molar-refractivity contribution in [3.8, 4) is 0 Å². The fourth-order valence-electron chi connectivity index (χ4n) is 4.04. The van der Waals surface area contributed by atoms with Crippen molar-refractivity contribution in [1.82, 2.24) is 4.90 Å². The maximum Gasteiger partial charge on any atom is 0.416 e. The molecular weight excluding hydrogens is 427 g/mol. The number of cyclic esters (lactones) is 1. The number of ether oxygens (including phenoxy) is 1. The second-order valence-corrected chi connectivity index (χ2v) is 8.17. The first-order valence-corrected chi connectivity index (χ1v) is 9.95. The second kappa shape index (κ2) is 7.70. The SMILES string of the molecule is CN(C)Cc1ccccc1C1(c2ccc(Cl)cc2)OC(=O)c2cc(C(F)(F)F)ccc21. The third-order valence-electron chi connectivity index (χ3n) is 5.33. The van der Waals surface area contributed by atoms with Crippen LogP contribution in [0, 0.1) is 0 Å². The zero-order chi connectivity index (χ0) is 22.4. The van der Waals surface area contributed by atoms with Gasteiger partial charge in [0.2, 0.25) is 0 Å². The minimum atomic E-state index is -4.57.